The number of ether oxygens (including phenoxy) is 1. The van der Waals surface area contributed by atoms with Gasteiger partial charge in [0.05, 0.1) is 29.2 Å². The average Bonchev–Trinajstić information content (AvgIpc) is 2.37. The van der Waals surface area contributed by atoms with E-state index in [2.05, 4.69) is 4.72 Å². The number of aliphatic hydroxyl groups is 1. The summed E-state index contributed by atoms with van der Waals surface area (Å²) in [4.78, 5) is -0.284. The van der Waals surface area contributed by atoms with Crippen molar-refractivity contribution in [3.05, 3.63) is 28.5 Å². The molecule has 0 aliphatic heterocycles. The summed E-state index contributed by atoms with van der Waals surface area (Å²) < 4.78 is 44.9. The van der Waals surface area contributed by atoms with Gasteiger partial charge in [-0.1, -0.05) is 11.6 Å². The molecule has 0 saturated carbocycles. The summed E-state index contributed by atoms with van der Waals surface area (Å²) >= 11 is 5.61. The molecule has 0 amide bonds. The second-order valence-corrected chi connectivity index (χ2v) is 6.50. The first-order valence-corrected chi connectivity index (χ1v) is 7.84. The Labute approximate surface area is 122 Å². The molecular formula is C12H17ClFNO4S. The third-order valence-corrected chi connectivity index (χ3v) is 4.27. The second-order valence-electron chi connectivity index (χ2n) is 4.35. The lowest BCUT2D eigenvalue weighted by molar-refractivity contribution is 0.0834. The number of sulfonamides is 1. The van der Waals surface area contributed by atoms with Crippen LogP contribution in [0.25, 0.3) is 0 Å². The highest BCUT2D eigenvalue weighted by molar-refractivity contribution is 7.89. The zero-order valence-corrected chi connectivity index (χ0v) is 12.8. The molecule has 1 rings (SSSR count). The highest BCUT2D eigenvalue weighted by atomic mass is 35.5. The van der Waals surface area contributed by atoms with E-state index in [9.17, 15) is 12.8 Å². The number of halogens is 2. The summed E-state index contributed by atoms with van der Waals surface area (Å²) in [5.74, 6) is -0.892. The van der Waals surface area contributed by atoms with Crippen LogP contribution in [0, 0.1) is 5.82 Å². The van der Waals surface area contributed by atoms with Crippen molar-refractivity contribution in [1.29, 1.82) is 0 Å². The van der Waals surface area contributed by atoms with Crippen LogP contribution in [0.1, 0.15) is 19.4 Å². The highest BCUT2D eigenvalue weighted by Gasteiger charge is 2.18. The van der Waals surface area contributed by atoms with Crippen molar-refractivity contribution in [3.63, 3.8) is 0 Å². The van der Waals surface area contributed by atoms with E-state index in [1.54, 1.807) is 0 Å². The zero-order valence-electron chi connectivity index (χ0n) is 11.2. The molecule has 0 aliphatic carbocycles. The van der Waals surface area contributed by atoms with E-state index >= 15 is 0 Å². The Bertz CT molecular complexity index is 563. The van der Waals surface area contributed by atoms with Crippen LogP contribution in [-0.2, 0) is 21.4 Å². The number of nitrogens with one attached hydrogen (secondary N) is 1. The molecule has 8 heteroatoms. The van der Waals surface area contributed by atoms with Crippen molar-refractivity contribution >= 4 is 21.6 Å². The lowest BCUT2D eigenvalue weighted by Gasteiger charge is -2.11. The van der Waals surface area contributed by atoms with Crippen molar-refractivity contribution in [2.24, 2.45) is 0 Å². The van der Waals surface area contributed by atoms with Crippen molar-refractivity contribution in [2.75, 3.05) is 13.2 Å². The Morgan fingerprint density at radius 3 is 2.65 bits per heavy atom. The van der Waals surface area contributed by atoms with Gasteiger partial charge in [0.15, 0.2) is 0 Å². The SMILES string of the molecule is CC(C)OCCNS(=O)(=O)c1cc(F)c(Cl)c(CO)c1. The molecule has 1 aromatic rings. The number of hydrogen-bond acceptors (Lipinski definition) is 4. The fourth-order valence-electron chi connectivity index (χ4n) is 1.44. The summed E-state index contributed by atoms with van der Waals surface area (Å²) in [6, 6.07) is 1.95. The Kier molecular flexibility index (Phi) is 6.35. The smallest absolute Gasteiger partial charge is 0.240 e. The fraction of sp³-hybridized carbons (Fsp3) is 0.500. The Balaban J connectivity index is 2.85. The Morgan fingerprint density at radius 1 is 1.45 bits per heavy atom. The molecule has 0 unspecified atom stereocenters. The van der Waals surface area contributed by atoms with Crippen LogP contribution in [0.5, 0.6) is 0 Å². The molecule has 0 aromatic heterocycles. The number of aliphatic hydroxyl groups excluding tert-OH is 1. The van der Waals surface area contributed by atoms with Crippen LogP contribution < -0.4 is 4.72 Å². The van der Waals surface area contributed by atoms with E-state index in [-0.39, 0.29) is 34.7 Å². The van der Waals surface area contributed by atoms with Gasteiger partial charge in [0.25, 0.3) is 0 Å². The summed E-state index contributed by atoms with van der Waals surface area (Å²) in [5, 5.41) is 8.74. The number of hydrogen-bond donors (Lipinski definition) is 2. The molecule has 0 heterocycles. The number of rotatable bonds is 7. The molecule has 0 spiro atoms. The van der Waals surface area contributed by atoms with Gasteiger partial charge >= 0.3 is 0 Å². The average molecular weight is 326 g/mol. The van der Waals surface area contributed by atoms with Gasteiger partial charge in [-0.25, -0.2) is 17.5 Å². The maximum absolute atomic E-state index is 13.5. The van der Waals surface area contributed by atoms with Crippen LogP contribution in [0.15, 0.2) is 17.0 Å². The van der Waals surface area contributed by atoms with Crippen LogP contribution in [0.3, 0.4) is 0 Å². The van der Waals surface area contributed by atoms with Gasteiger partial charge in [0.1, 0.15) is 5.82 Å². The summed E-state index contributed by atoms with van der Waals surface area (Å²) in [5.41, 5.74) is 0.0190. The van der Waals surface area contributed by atoms with Crippen LogP contribution in [0.4, 0.5) is 4.39 Å². The molecular weight excluding hydrogens is 309 g/mol. The lowest BCUT2D eigenvalue weighted by Crippen LogP contribution is -2.28. The van der Waals surface area contributed by atoms with E-state index < -0.39 is 22.4 Å². The summed E-state index contributed by atoms with van der Waals surface area (Å²) in [6.45, 7) is 3.39. The molecule has 2 N–H and O–H groups in total. The van der Waals surface area contributed by atoms with Crippen LogP contribution in [-0.4, -0.2) is 32.8 Å². The summed E-state index contributed by atoms with van der Waals surface area (Å²) in [6.07, 6.45) is -0.00604. The topological polar surface area (TPSA) is 75.6 Å². The van der Waals surface area contributed by atoms with Crippen molar-refractivity contribution in [3.8, 4) is 0 Å². The van der Waals surface area contributed by atoms with Crippen LogP contribution >= 0.6 is 11.6 Å². The standard InChI is InChI=1S/C12H17ClFNO4S/c1-8(2)19-4-3-15-20(17,18)10-5-9(7-16)12(13)11(14)6-10/h5-6,8,15-16H,3-4,7H2,1-2H3. The molecule has 0 radical (unpaired) electrons. The molecule has 0 atom stereocenters. The minimum absolute atomic E-state index is 0.00604. The van der Waals surface area contributed by atoms with E-state index in [4.69, 9.17) is 21.4 Å². The maximum Gasteiger partial charge on any atom is 0.240 e. The molecule has 0 bridgehead atoms. The van der Waals surface area contributed by atoms with Gasteiger partial charge in [-0.15, -0.1) is 0 Å². The molecule has 5 nitrogen and oxygen atoms in total. The van der Waals surface area contributed by atoms with Crippen molar-refractivity contribution < 1.29 is 22.7 Å². The summed E-state index contributed by atoms with van der Waals surface area (Å²) in [7, 11) is -3.87. The van der Waals surface area contributed by atoms with Gasteiger partial charge < -0.3 is 9.84 Å². The predicted octanol–water partition coefficient (Wildman–Crippen LogP) is 1.67. The normalized spacial score (nSPS) is 12.1. The van der Waals surface area contributed by atoms with E-state index in [1.165, 1.54) is 0 Å². The molecule has 0 saturated heterocycles. The lowest BCUT2D eigenvalue weighted by atomic mass is 10.2. The minimum Gasteiger partial charge on any atom is -0.392 e. The van der Waals surface area contributed by atoms with E-state index in [0.29, 0.717) is 0 Å². The van der Waals surface area contributed by atoms with E-state index in [0.717, 1.165) is 12.1 Å². The first-order valence-electron chi connectivity index (χ1n) is 5.98. The van der Waals surface area contributed by atoms with Gasteiger partial charge in [0, 0.05) is 12.1 Å². The quantitative estimate of drug-likeness (QED) is 0.748. The molecule has 114 valence electrons. The van der Waals surface area contributed by atoms with Crippen molar-refractivity contribution in [2.45, 2.75) is 31.5 Å². The monoisotopic (exact) mass is 325 g/mol. The van der Waals surface area contributed by atoms with Gasteiger partial charge in [-0.3, -0.25) is 0 Å². The minimum atomic E-state index is -3.87. The maximum atomic E-state index is 13.5. The first-order chi connectivity index (χ1) is 9.27. The third-order valence-electron chi connectivity index (χ3n) is 2.40. The van der Waals surface area contributed by atoms with Gasteiger partial charge in [0.2, 0.25) is 10.0 Å². The Hall–Kier alpha value is -0.730. The predicted molar refractivity (Wildman–Crippen MR) is 73.6 cm³/mol. The second kappa shape index (κ2) is 7.33. The van der Waals surface area contributed by atoms with E-state index in [1.807, 2.05) is 13.8 Å². The number of benzene rings is 1. The zero-order chi connectivity index (χ0) is 15.3. The molecule has 0 aliphatic rings. The van der Waals surface area contributed by atoms with Gasteiger partial charge in [-0.05, 0) is 26.0 Å². The third kappa shape index (κ3) is 4.68. The van der Waals surface area contributed by atoms with Gasteiger partial charge in [-0.2, -0.15) is 0 Å². The van der Waals surface area contributed by atoms with Crippen LogP contribution in [0.2, 0.25) is 5.02 Å². The molecule has 1 aromatic carbocycles. The Morgan fingerprint density at radius 2 is 2.10 bits per heavy atom. The van der Waals surface area contributed by atoms with Crippen molar-refractivity contribution in [1.82, 2.24) is 4.72 Å². The first kappa shape index (κ1) is 17.3. The fourth-order valence-corrected chi connectivity index (χ4v) is 2.69. The molecule has 0 fully saturated rings. The largest absolute Gasteiger partial charge is 0.392 e. The highest BCUT2D eigenvalue weighted by Crippen LogP contribution is 2.24. The molecule has 20 heavy (non-hydrogen) atoms.